The molecule has 3 aromatic heterocycles. The van der Waals surface area contributed by atoms with E-state index in [0.29, 0.717) is 29.5 Å². The van der Waals surface area contributed by atoms with Gasteiger partial charge in [-0.05, 0) is 25.0 Å². The van der Waals surface area contributed by atoms with E-state index in [2.05, 4.69) is 10.1 Å². The summed E-state index contributed by atoms with van der Waals surface area (Å²) in [5, 5.41) is 13.8. The van der Waals surface area contributed by atoms with Gasteiger partial charge in [-0.3, -0.25) is 9.59 Å². The fraction of sp³-hybridized carbons (Fsp3) is 0.200. The highest BCUT2D eigenvalue weighted by molar-refractivity contribution is 5.86. The van der Waals surface area contributed by atoms with E-state index in [-0.39, 0.29) is 12.0 Å². The fourth-order valence-electron chi connectivity index (χ4n) is 3.34. The van der Waals surface area contributed by atoms with E-state index >= 15 is 0 Å². The lowest BCUT2D eigenvalue weighted by Crippen LogP contribution is -2.21. The van der Waals surface area contributed by atoms with Crippen molar-refractivity contribution in [1.82, 2.24) is 19.2 Å². The molecule has 4 aromatic rings. The second-order valence-electron chi connectivity index (χ2n) is 6.43. The van der Waals surface area contributed by atoms with Gasteiger partial charge in [0.1, 0.15) is 0 Å². The van der Waals surface area contributed by atoms with Crippen LogP contribution in [-0.4, -0.2) is 30.2 Å². The summed E-state index contributed by atoms with van der Waals surface area (Å²) in [4.78, 5) is 27.9. The smallest absolute Gasteiger partial charge is 0.303 e. The highest BCUT2D eigenvalue weighted by Gasteiger charge is 2.16. The molecule has 0 amide bonds. The SMILES string of the molecule is Cc1nn2c(ncc3c(=O)n(CCCC(=O)O)ccc32)c1-c1ccccc1. The first-order valence-electron chi connectivity index (χ1n) is 8.71. The van der Waals surface area contributed by atoms with Gasteiger partial charge in [0.05, 0.1) is 16.6 Å². The fourth-order valence-corrected chi connectivity index (χ4v) is 3.34. The lowest BCUT2D eigenvalue weighted by atomic mass is 10.1. The first kappa shape index (κ1) is 17.0. The minimum Gasteiger partial charge on any atom is -0.481 e. The molecule has 0 saturated heterocycles. The van der Waals surface area contributed by atoms with Crippen LogP contribution in [0.15, 0.2) is 53.6 Å². The van der Waals surface area contributed by atoms with Gasteiger partial charge in [0.25, 0.3) is 5.56 Å². The first-order valence-corrected chi connectivity index (χ1v) is 8.71. The van der Waals surface area contributed by atoms with Crippen LogP contribution >= 0.6 is 0 Å². The van der Waals surface area contributed by atoms with Crippen LogP contribution in [0.3, 0.4) is 0 Å². The summed E-state index contributed by atoms with van der Waals surface area (Å²) in [5.74, 6) is -0.868. The van der Waals surface area contributed by atoms with E-state index in [1.54, 1.807) is 16.9 Å². The average molecular weight is 362 g/mol. The van der Waals surface area contributed by atoms with Crippen molar-refractivity contribution >= 4 is 22.5 Å². The number of benzene rings is 1. The molecule has 7 heteroatoms. The van der Waals surface area contributed by atoms with Crippen LogP contribution in [0.4, 0.5) is 0 Å². The van der Waals surface area contributed by atoms with Gasteiger partial charge in [-0.15, -0.1) is 0 Å². The van der Waals surface area contributed by atoms with Gasteiger partial charge in [0, 0.05) is 30.9 Å². The van der Waals surface area contributed by atoms with Crippen molar-refractivity contribution in [2.75, 3.05) is 0 Å². The third kappa shape index (κ3) is 2.97. The number of pyridine rings is 1. The highest BCUT2D eigenvalue weighted by Crippen LogP contribution is 2.28. The summed E-state index contributed by atoms with van der Waals surface area (Å²) < 4.78 is 3.23. The molecule has 1 N–H and O–H groups in total. The van der Waals surface area contributed by atoms with Crippen LogP contribution < -0.4 is 5.56 Å². The predicted octanol–water partition coefficient (Wildman–Crippen LogP) is 2.88. The Balaban J connectivity index is 1.84. The highest BCUT2D eigenvalue weighted by atomic mass is 16.4. The van der Waals surface area contributed by atoms with E-state index in [9.17, 15) is 9.59 Å². The van der Waals surface area contributed by atoms with Gasteiger partial charge in [-0.2, -0.15) is 5.10 Å². The van der Waals surface area contributed by atoms with Crippen molar-refractivity contribution in [3.8, 4) is 11.1 Å². The number of nitrogens with zero attached hydrogens (tertiary/aromatic N) is 4. The second-order valence-corrected chi connectivity index (χ2v) is 6.43. The monoisotopic (exact) mass is 362 g/mol. The summed E-state index contributed by atoms with van der Waals surface area (Å²) in [5.41, 5.74) is 4.01. The van der Waals surface area contributed by atoms with Crippen LogP contribution in [0.5, 0.6) is 0 Å². The quantitative estimate of drug-likeness (QED) is 0.590. The number of aromatic nitrogens is 4. The number of hydrogen-bond donors (Lipinski definition) is 1. The number of carboxylic acids is 1. The van der Waals surface area contributed by atoms with Crippen molar-refractivity contribution < 1.29 is 9.90 Å². The van der Waals surface area contributed by atoms with Crippen LogP contribution in [-0.2, 0) is 11.3 Å². The Labute approximate surface area is 154 Å². The van der Waals surface area contributed by atoms with Crippen LogP contribution in [0.1, 0.15) is 18.5 Å². The van der Waals surface area contributed by atoms with E-state index in [0.717, 1.165) is 16.8 Å². The van der Waals surface area contributed by atoms with Gasteiger partial charge < -0.3 is 9.67 Å². The van der Waals surface area contributed by atoms with Crippen LogP contribution in [0.25, 0.3) is 27.7 Å². The normalized spacial score (nSPS) is 11.3. The third-order valence-electron chi connectivity index (χ3n) is 4.61. The van der Waals surface area contributed by atoms with Crippen molar-refractivity contribution in [1.29, 1.82) is 0 Å². The number of carbonyl (C=O) groups is 1. The lowest BCUT2D eigenvalue weighted by Gasteiger charge is -2.07. The summed E-state index contributed by atoms with van der Waals surface area (Å²) in [6.45, 7) is 2.28. The van der Waals surface area contributed by atoms with Crippen molar-refractivity contribution in [3.63, 3.8) is 0 Å². The van der Waals surface area contributed by atoms with E-state index in [1.807, 2.05) is 43.3 Å². The Kier molecular flexibility index (Phi) is 4.19. The van der Waals surface area contributed by atoms with E-state index in [4.69, 9.17) is 5.11 Å². The summed E-state index contributed by atoms with van der Waals surface area (Å²) >= 11 is 0. The molecule has 0 aliphatic heterocycles. The number of fused-ring (bicyclic) bond motifs is 3. The summed E-state index contributed by atoms with van der Waals surface area (Å²) in [6.07, 6.45) is 3.69. The Morgan fingerprint density at radius 3 is 2.70 bits per heavy atom. The Bertz CT molecular complexity index is 1210. The first-order chi connectivity index (χ1) is 13.1. The molecule has 3 heterocycles. The van der Waals surface area contributed by atoms with Crippen LogP contribution in [0.2, 0.25) is 0 Å². The molecular formula is C20H18N4O3. The number of rotatable bonds is 5. The topological polar surface area (TPSA) is 89.5 Å². The molecule has 0 spiro atoms. The molecule has 0 atom stereocenters. The van der Waals surface area contributed by atoms with Crippen LogP contribution in [0, 0.1) is 6.92 Å². The average Bonchev–Trinajstić information content (AvgIpc) is 3.00. The standard InChI is InChI=1S/C20H18N4O3/c1-13-18(14-6-3-2-4-7-14)19-21-12-15-16(24(19)22-13)9-11-23(20(15)27)10-5-8-17(25)26/h2-4,6-7,9,11-12H,5,8,10H2,1H3,(H,25,26). The zero-order chi connectivity index (χ0) is 19.0. The number of hydrogen-bond acceptors (Lipinski definition) is 4. The largest absolute Gasteiger partial charge is 0.481 e. The molecule has 136 valence electrons. The molecule has 0 radical (unpaired) electrons. The second kappa shape index (κ2) is 6.68. The third-order valence-corrected chi connectivity index (χ3v) is 4.61. The maximum absolute atomic E-state index is 12.7. The minimum absolute atomic E-state index is 0.0283. The number of aryl methyl sites for hydroxylation is 2. The molecule has 0 saturated carbocycles. The molecule has 27 heavy (non-hydrogen) atoms. The molecule has 0 aliphatic carbocycles. The molecule has 0 bridgehead atoms. The molecule has 0 fully saturated rings. The molecule has 1 aromatic carbocycles. The zero-order valence-electron chi connectivity index (χ0n) is 14.8. The minimum atomic E-state index is -0.868. The molecule has 7 nitrogen and oxygen atoms in total. The van der Waals surface area contributed by atoms with Gasteiger partial charge >= 0.3 is 5.97 Å². The van der Waals surface area contributed by atoms with Gasteiger partial charge in [0.2, 0.25) is 0 Å². The lowest BCUT2D eigenvalue weighted by molar-refractivity contribution is -0.137. The predicted molar refractivity (Wildman–Crippen MR) is 102 cm³/mol. The Hall–Kier alpha value is -3.48. The molecule has 4 rings (SSSR count). The van der Waals surface area contributed by atoms with Crippen molar-refractivity contribution in [2.24, 2.45) is 0 Å². The molecule has 0 aliphatic rings. The Morgan fingerprint density at radius 1 is 1.19 bits per heavy atom. The zero-order valence-corrected chi connectivity index (χ0v) is 14.8. The number of aliphatic carboxylic acids is 1. The number of carboxylic acid groups (broad SMARTS) is 1. The van der Waals surface area contributed by atoms with Crippen molar-refractivity contribution in [3.05, 3.63) is 64.8 Å². The summed E-state index contributed by atoms with van der Waals surface area (Å²) in [6, 6.07) is 11.7. The molecule has 0 unspecified atom stereocenters. The van der Waals surface area contributed by atoms with Gasteiger partial charge in [0.15, 0.2) is 5.65 Å². The van der Waals surface area contributed by atoms with E-state index in [1.165, 1.54) is 4.57 Å². The maximum atomic E-state index is 12.7. The Morgan fingerprint density at radius 2 is 1.96 bits per heavy atom. The summed E-state index contributed by atoms with van der Waals surface area (Å²) in [7, 11) is 0. The molecular weight excluding hydrogens is 344 g/mol. The van der Waals surface area contributed by atoms with Crippen molar-refractivity contribution in [2.45, 2.75) is 26.3 Å². The maximum Gasteiger partial charge on any atom is 0.303 e. The van der Waals surface area contributed by atoms with E-state index < -0.39 is 5.97 Å². The van der Waals surface area contributed by atoms with Gasteiger partial charge in [-0.25, -0.2) is 9.50 Å². The van der Waals surface area contributed by atoms with Gasteiger partial charge in [-0.1, -0.05) is 30.3 Å².